The summed E-state index contributed by atoms with van der Waals surface area (Å²) in [7, 11) is -2.10. The Balaban J connectivity index is 1.64. The van der Waals surface area contributed by atoms with Crippen molar-refractivity contribution in [3.63, 3.8) is 0 Å². The van der Waals surface area contributed by atoms with Gasteiger partial charge in [0.05, 0.1) is 19.1 Å². The van der Waals surface area contributed by atoms with Crippen LogP contribution in [0.3, 0.4) is 0 Å². The topological polar surface area (TPSA) is 121 Å². The average molecular weight is 544 g/mol. The maximum absolute atomic E-state index is 12.1. The van der Waals surface area contributed by atoms with Gasteiger partial charge in [-0.25, -0.2) is 13.2 Å². The number of thioether (sulfide) groups is 1. The number of hydrogen-bond donors (Lipinski definition) is 1. The van der Waals surface area contributed by atoms with E-state index in [1.807, 2.05) is 31.2 Å². The number of nitrogens with one attached hydrogen (secondary N) is 1. The number of benzene rings is 2. The number of aryl methyl sites for hydroxylation is 1. The van der Waals surface area contributed by atoms with Gasteiger partial charge in [-0.1, -0.05) is 6.07 Å². The molecule has 1 N–H and O–H groups in total. The highest BCUT2D eigenvalue weighted by molar-refractivity contribution is 8.01. The summed E-state index contributed by atoms with van der Waals surface area (Å²) in [5.74, 6) is 1.31. The number of sulfonamides is 1. The minimum Gasteiger partial charge on any atom is -0.451 e. The van der Waals surface area contributed by atoms with E-state index in [9.17, 15) is 18.0 Å². The van der Waals surface area contributed by atoms with Crippen molar-refractivity contribution in [2.24, 2.45) is 10.1 Å². The lowest BCUT2D eigenvalue weighted by molar-refractivity contribution is -0.109. The van der Waals surface area contributed by atoms with Crippen molar-refractivity contribution in [2.75, 3.05) is 41.8 Å². The smallest absolute Gasteiger partial charge is 0.431 e. The minimum absolute atomic E-state index is 0.495. The Morgan fingerprint density at radius 2 is 2.03 bits per heavy atom. The molecule has 196 valence electrons. The Labute approximate surface area is 220 Å². The van der Waals surface area contributed by atoms with E-state index in [2.05, 4.69) is 20.8 Å². The van der Waals surface area contributed by atoms with Gasteiger partial charge < -0.3 is 9.64 Å². The van der Waals surface area contributed by atoms with Crippen molar-refractivity contribution in [1.82, 2.24) is 5.01 Å². The zero-order valence-electron chi connectivity index (χ0n) is 20.9. The summed E-state index contributed by atoms with van der Waals surface area (Å²) in [6.45, 7) is 3.37. The number of amidine groups is 1. The highest BCUT2D eigenvalue weighted by atomic mass is 32.2. The van der Waals surface area contributed by atoms with Crippen LogP contribution in [-0.2, 0) is 26.0 Å². The number of amides is 1. The number of fused-ring (bicyclic) bond motifs is 1. The predicted molar refractivity (Wildman–Crippen MR) is 147 cm³/mol. The molecule has 0 aromatic heterocycles. The fourth-order valence-corrected chi connectivity index (χ4v) is 5.78. The molecule has 0 fully saturated rings. The predicted octanol–water partition coefficient (Wildman–Crippen LogP) is 3.32. The number of ether oxygens (including phenoxy) is 1. The van der Waals surface area contributed by atoms with E-state index in [1.165, 1.54) is 18.9 Å². The second-order valence-corrected chi connectivity index (χ2v) is 11.4. The molecule has 2 aromatic carbocycles. The third kappa shape index (κ3) is 6.13. The molecule has 1 atom stereocenters. The lowest BCUT2D eigenvalue weighted by Crippen LogP contribution is -2.40. The Hall–Kier alpha value is -3.38. The van der Waals surface area contributed by atoms with Crippen molar-refractivity contribution < 1.29 is 22.7 Å². The second-order valence-electron chi connectivity index (χ2n) is 8.55. The molecule has 12 heteroatoms. The Morgan fingerprint density at radius 1 is 1.27 bits per heavy atom. The summed E-state index contributed by atoms with van der Waals surface area (Å²) >= 11 is 1.32. The first-order valence-electron chi connectivity index (χ1n) is 11.8. The van der Waals surface area contributed by atoms with Crippen LogP contribution in [-0.4, -0.2) is 74.9 Å². The summed E-state index contributed by atoms with van der Waals surface area (Å²) in [5.41, 5.74) is 5.15. The molecule has 1 unspecified atom stereocenters. The first-order valence-corrected chi connectivity index (χ1v) is 14.7. The van der Waals surface area contributed by atoms with E-state index in [0.29, 0.717) is 30.0 Å². The van der Waals surface area contributed by atoms with Crippen LogP contribution >= 0.6 is 11.8 Å². The van der Waals surface area contributed by atoms with Gasteiger partial charge in [0.1, 0.15) is 5.84 Å². The largest absolute Gasteiger partial charge is 0.451 e. The van der Waals surface area contributed by atoms with Crippen LogP contribution in [0.2, 0.25) is 0 Å². The van der Waals surface area contributed by atoms with Gasteiger partial charge in [0.25, 0.3) is 0 Å². The van der Waals surface area contributed by atoms with Gasteiger partial charge >= 0.3 is 6.09 Å². The normalized spacial score (nSPS) is 18.1. The lowest BCUT2D eigenvalue weighted by atomic mass is 9.97. The van der Waals surface area contributed by atoms with Gasteiger partial charge in [-0.2, -0.15) is 10.1 Å². The van der Waals surface area contributed by atoms with Gasteiger partial charge in [-0.15, -0.1) is 11.8 Å². The van der Waals surface area contributed by atoms with Crippen molar-refractivity contribution in [3.05, 3.63) is 59.2 Å². The van der Waals surface area contributed by atoms with Gasteiger partial charge in [-0.05, 0) is 67.3 Å². The Kier molecular flexibility index (Phi) is 8.18. The van der Waals surface area contributed by atoms with E-state index in [0.717, 1.165) is 58.9 Å². The monoisotopic (exact) mass is 543 g/mol. The van der Waals surface area contributed by atoms with Crippen LogP contribution in [0.4, 0.5) is 16.2 Å². The van der Waals surface area contributed by atoms with E-state index in [4.69, 9.17) is 9.73 Å². The molecule has 2 heterocycles. The quantitative estimate of drug-likeness (QED) is 0.337. The number of hydrazone groups is 1. The molecule has 0 bridgehead atoms. The maximum atomic E-state index is 12.1. The minimum atomic E-state index is -3.36. The van der Waals surface area contributed by atoms with E-state index in [1.54, 1.807) is 12.1 Å². The summed E-state index contributed by atoms with van der Waals surface area (Å²) < 4.78 is 30.4. The third-order valence-electron chi connectivity index (χ3n) is 5.88. The molecule has 0 radical (unpaired) electrons. The average Bonchev–Trinajstić information content (AvgIpc) is 2.90. The molecule has 2 aliphatic rings. The molecule has 0 saturated carbocycles. The highest BCUT2D eigenvalue weighted by Gasteiger charge is 2.30. The third-order valence-corrected chi connectivity index (χ3v) is 7.58. The zero-order chi connectivity index (χ0) is 26.6. The molecule has 4 rings (SSSR count). The van der Waals surface area contributed by atoms with Gasteiger partial charge in [0, 0.05) is 35.8 Å². The highest BCUT2D eigenvalue weighted by Crippen LogP contribution is 2.32. The van der Waals surface area contributed by atoms with Crippen molar-refractivity contribution in [3.8, 4) is 0 Å². The number of rotatable bonds is 6. The molecule has 0 aliphatic carbocycles. The van der Waals surface area contributed by atoms with Crippen LogP contribution in [0.15, 0.2) is 52.6 Å². The van der Waals surface area contributed by atoms with Crippen molar-refractivity contribution in [1.29, 1.82) is 0 Å². The van der Waals surface area contributed by atoms with Crippen LogP contribution in [0.1, 0.15) is 30.0 Å². The number of nitrogens with zero attached hydrogens (tertiary/aromatic N) is 4. The van der Waals surface area contributed by atoms with Gasteiger partial charge in [-0.3, -0.25) is 14.5 Å². The molecule has 37 heavy (non-hydrogen) atoms. The number of carbonyl (C=O) groups is 2. The number of methoxy groups -OCH3 is 1. The number of aldehydes is 1. The first kappa shape index (κ1) is 26.7. The number of carbonyl (C=O) groups excluding carboxylic acids is 2. The summed E-state index contributed by atoms with van der Waals surface area (Å²) in [6, 6.07) is 13.3. The van der Waals surface area contributed by atoms with Crippen LogP contribution in [0, 0.1) is 0 Å². The Bertz CT molecular complexity index is 1340. The maximum Gasteiger partial charge on any atom is 0.431 e. The summed E-state index contributed by atoms with van der Waals surface area (Å²) in [4.78, 5) is 30.5. The molecular formula is C25H29N5O5S2. The summed E-state index contributed by atoms with van der Waals surface area (Å²) in [5, 5.41) is 4.79. The first-order chi connectivity index (χ1) is 17.7. The molecule has 0 spiro atoms. The van der Waals surface area contributed by atoms with Gasteiger partial charge in [0.2, 0.25) is 10.0 Å². The zero-order valence-corrected chi connectivity index (χ0v) is 22.5. The van der Waals surface area contributed by atoms with Crippen LogP contribution in [0.5, 0.6) is 0 Å². The molecular weight excluding hydrogens is 514 g/mol. The second kappa shape index (κ2) is 11.3. The van der Waals surface area contributed by atoms with Gasteiger partial charge in [0.15, 0.2) is 11.7 Å². The molecule has 2 aromatic rings. The molecule has 0 saturated heterocycles. The van der Waals surface area contributed by atoms with E-state index >= 15 is 0 Å². The SMILES string of the molecule is CCN=C(c1ccc(NS(C)(=O)=O)cc1)N1CCCc2cc(C3=NN(C(=O)OC)C(C=O)SC3)ccc21. The molecule has 2 aliphatic heterocycles. The number of aliphatic imine (C=N–C) groups is 1. The standard InChI is InChI=1S/C25H29N5O5S2/c1-4-26-24(17-7-10-20(11-8-17)28-37(3,33)34)29-13-5-6-19-14-18(9-12-22(19)29)21-16-36-23(15-31)30(27-21)25(32)35-2/h7-12,14-15,23,28H,4-6,13,16H2,1-3H3. The number of hydrogen-bond acceptors (Lipinski definition) is 8. The molecule has 1 amide bonds. The van der Waals surface area contributed by atoms with Crippen molar-refractivity contribution >= 4 is 57.1 Å². The van der Waals surface area contributed by atoms with Crippen LogP contribution in [0.25, 0.3) is 0 Å². The van der Waals surface area contributed by atoms with E-state index in [-0.39, 0.29) is 0 Å². The molecule has 10 nitrogen and oxygen atoms in total. The van der Waals surface area contributed by atoms with Crippen LogP contribution < -0.4 is 9.62 Å². The number of anilines is 2. The van der Waals surface area contributed by atoms with E-state index < -0.39 is 21.5 Å². The summed E-state index contributed by atoms with van der Waals surface area (Å²) in [6.07, 6.45) is 2.94. The van der Waals surface area contributed by atoms with Crippen molar-refractivity contribution in [2.45, 2.75) is 25.1 Å². The lowest BCUT2D eigenvalue weighted by Gasteiger charge is -2.33. The fourth-order valence-electron chi connectivity index (χ4n) is 4.31. The fraction of sp³-hybridized carbons (Fsp3) is 0.360. The Morgan fingerprint density at radius 3 is 2.68 bits per heavy atom.